The molecule has 3 heterocycles. The van der Waals surface area contributed by atoms with Crippen molar-refractivity contribution in [3.8, 4) is 17.4 Å². The number of halogens is 1. The minimum absolute atomic E-state index is 0.291. The van der Waals surface area contributed by atoms with Crippen LogP contribution in [-0.4, -0.2) is 44.9 Å². The Bertz CT molecular complexity index is 1180. The molecule has 0 saturated carbocycles. The first-order valence-corrected chi connectivity index (χ1v) is 10.1. The summed E-state index contributed by atoms with van der Waals surface area (Å²) >= 11 is 6.35. The molecule has 0 atom stereocenters. The number of nitrogens with zero attached hydrogens (tertiary/aromatic N) is 5. The van der Waals surface area contributed by atoms with E-state index in [4.69, 9.17) is 21.1 Å². The van der Waals surface area contributed by atoms with E-state index in [-0.39, 0.29) is 0 Å². The summed E-state index contributed by atoms with van der Waals surface area (Å²) in [6, 6.07) is 9.05. The highest BCUT2D eigenvalue weighted by Crippen LogP contribution is 2.32. The summed E-state index contributed by atoms with van der Waals surface area (Å²) in [5.74, 6) is 2.76. The fourth-order valence-electron chi connectivity index (χ4n) is 2.91. The molecule has 2 N–H and O–H groups in total. The van der Waals surface area contributed by atoms with Crippen LogP contribution < -0.4 is 20.1 Å². The highest BCUT2D eigenvalue weighted by atomic mass is 35.5. The lowest BCUT2D eigenvalue weighted by Gasteiger charge is -2.11. The second-order valence-corrected chi connectivity index (χ2v) is 7.17. The van der Waals surface area contributed by atoms with Crippen LogP contribution in [0.3, 0.4) is 0 Å². The topological polar surface area (TPSA) is 99.0 Å². The maximum absolute atomic E-state index is 6.35. The molecule has 4 aromatic rings. The standard InChI is InChI=1S/C21H22ClN7O2/c1-23-7-3-9-30-15-11-17(22)21(24-12-15)31-14-4-5-18-16(10-14)20(26-13-25-18)27-19-6-8-29(2)28-19/h4-6,8,10-13,23H,3,7,9H2,1-2H3,(H,25,26,27,28). The second-order valence-electron chi connectivity index (χ2n) is 6.77. The molecule has 0 aliphatic carbocycles. The van der Waals surface area contributed by atoms with E-state index in [1.54, 1.807) is 23.0 Å². The van der Waals surface area contributed by atoms with Crippen LogP contribution in [0.1, 0.15) is 6.42 Å². The third-order valence-electron chi connectivity index (χ3n) is 4.40. The zero-order chi connectivity index (χ0) is 21.6. The maximum Gasteiger partial charge on any atom is 0.238 e. The van der Waals surface area contributed by atoms with E-state index in [0.717, 1.165) is 23.9 Å². The number of hydrogen-bond acceptors (Lipinski definition) is 8. The Morgan fingerprint density at radius 2 is 2.00 bits per heavy atom. The predicted molar refractivity (Wildman–Crippen MR) is 119 cm³/mol. The minimum Gasteiger partial charge on any atom is -0.492 e. The van der Waals surface area contributed by atoms with Crippen LogP contribution >= 0.6 is 11.6 Å². The number of benzene rings is 1. The second kappa shape index (κ2) is 9.59. The van der Waals surface area contributed by atoms with E-state index in [0.29, 0.717) is 40.6 Å². The van der Waals surface area contributed by atoms with Gasteiger partial charge in [0.1, 0.15) is 28.7 Å². The van der Waals surface area contributed by atoms with Crippen LogP contribution in [-0.2, 0) is 7.05 Å². The molecule has 0 fully saturated rings. The number of fused-ring (bicyclic) bond motifs is 1. The van der Waals surface area contributed by atoms with E-state index in [1.165, 1.54) is 6.33 Å². The van der Waals surface area contributed by atoms with Gasteiger partial charge < -0.3 is 20.1 Å². The van der Waals surface area contributed by atoms with E-state index in [1.807, 2.05) is 38.5 Å². The number of rotatable bonds is 9. The smallest absolute Gasteiger partial charge is 0.238 e. The van der Waals surface area contributed by atoms with Gasteiger partial charge in [0.05, 0.1) is 18.3 Å². The van der Waals surface area contributed by atoms with Crippen LogP contribution in [0, 0.1) is 0 Å². The van der Waals surface area contributed by atoms with Crippen molar-refractivity contribution in [3.05, 3.63) is 54.1 Å². The summed E-state index contributed by atoms with van der Waals surface area (Å²) in [6.07, 6.45) is 5.84. The third kappa shape index (κ3) is 5.19. The molecule has 4 rings (SSSR count). The van der Waals surface area contributed by atoms with Gasteiger partial charge in [-0.15, -0.1) is 0 Å². The van der Waals surface area contributed by atoms with Crippen molar-refractivity contribution in [2.45, 2.75) is 6.42 Å². The SMILES string of the molecule is CNCCCOc1cnc(Oc2ccc3ncnc(Nc4ccn(C)n4)c3c2)c(Cl)c1. The Kier molecular flexibility index (Phi) is 6.44. The maximum atomic E-state index is 6.35. The predicted octanol–water partition coefficient (Wildman–Crippen LogP) is 3.94. The first-order chi connectivity index (χ1) is 15.1. The van der Waals surface area contributed by atoms with Crippen LogP contribution in [0.15, 0.2) is 49.1 Å². The number of aromatic nitrogens is 5. The summed E-state index contributed by atoms with van der Waals surface area (Å²) in [5, 5.41) is 11.8. The fourth-order valence-corrected chi connectivity index (χ4v) is 3.11. The lowest BCUT2D eigenvalue weighted by Crippen LogP contribution is -2.11. The first-order valence-electron chi connectivity index (χ1n) is 9.74. The van der Waals surface area contributed by atoms with Gasteiger partial charge in [0.15, 0.2) is 5.82 Å². The number of nitrogens with one attached hydrogen (secondary N) is 2. The molecule has 9 nitrogen and oxygen atoms in total. The Balaban J connectivity index is 1.52. The Morgan fingerprint density at radius 3 is 2.77 bits per heavy atom. The summed E-state index contributed by atoms with van der Waals surface area (Å²) in [4.78, 5) is 12.9. The highest BCUT2D eigenvalue weighted by Gasteiger charge is 2.11. The summed E-state index contributed by atoms with van der Waals surface area (Å²) in [6.45, 7) is 1.46. The zero-order valence-corrected chi connectivity index (χ0v) is 17.9. The molecule has 0 unspecified atom stereocenters. The Morgan fingerprint density at radius 1 is 1.10 bits per heavy atom. The van der Waals surface area contributed by atoms with E-state index >= 15 is 0 Å². The molecular weight excluding hydrogens is 418 g/mol. The molecule has 160 valence electrons. The van der Waals surface area contributed by atoms with Gasteiger partial charge in [-0.2, -0.15) is 5.10 Å². The molecule has 31 heavy (non-hydrogen) atoms. The quantitative estimate of drug-likeness (QED) is 0.378. The summed E-state index contributed by atoms with van der Waals surface area (Å²) in [5.41, 5.74) is 0.769. The van der Waals surface area contributed by atoms with Crippen molar-refractivity contribution >= 4 is 34.1 Å². The average Bonchev–Trinajstić information content (AvgIpc) is 3.18. The van der Waals surface area contributed by atoms with Gasteiger partial charge >= 0.3 is 0 Å². The van der Waals surface area contributed by atoms with Crippen LogP contribution in [0.2, 0.25) is 5.02 Å². The van der Waals surface area contributed by atoms with Crippen LogP contribution in [0.4, 0.5) is 11.6 Å². The monoisotopic (exact) mass is 439 g/mol. The number of anilines is 2. The molecule has 0 amide bonds. The van der Waals surface area contributed by atoms with E-state index < -0.39 is 0 Å². The van der Waals surface area contributed by atoms with Gasteiger partial charge in [0.25, 0.3) is 0 Å². The third-order valence-corrected chi connectivity index (χ3v) is 4.67. The summed E-state index contributed by atoms with van der Waals surface area (Å²) in [7, 11) is 3.76. The fraction of sp³-hybridized carbons (Fsp3) is 0.238. The molecule has 0 spiro atoms. The van der Waals surface area contributed by atoms with Crippen molar-refractivity contribution in [2.75, 3.05) is 25.5 Å². The average molecular weight is 440 g/mol. The van der Waals surface area contributed by atoms with Gasteiger partial charge in [-0.3, -0.25) is 4.68 Å². The van der Waals surface area contributed by atoms with Crippen molar-refractivity contribution in [2.24, 2.45) is 7.05 Å². The van der Waals surface area contributed by atoms with Crippen molar-refractivity contribution in [1.82, 2.24) is 30.0 Å². The van der Waals surface area contributed by atoms with Gasteiger partial charge in [-0.25, -0.2) is 15.0 Å². The van der Waals surface area contributed by atoms with E-state index in [9.17, 15) is 0 Å². The molecule has 0 aliphatic heterocycles. The Labute approximate surface area is 184 Å². The van der Waals surface area contributed by atoms with Gasteiger partial charge in [-0.05, 0) is 38.2 Å². The summed E-state index contributed by atoms with van der Waals surface area (Å²) < 4.78 is 13.3. The molecular formula is C21H22ClN7O2. The van der Waals surface area contributed by atoms with E-state index in [2.05, 4.69) is 30.7 Å². The van der Waals surface area contributed by atoms with Crippen molar-refractivity contribution in [3.63, 3.8) is 0 Å². The van der Waals surface area contributed by atoms with Crippen LogP contribution in [0.25, 0.3) is 10.9 Å². The van der Waals surface area contributed by atoms with Crippen molar-refractivity contribution in [1.29, 1.82) is 0 Å². The molecule has 0 aliphatic rings. The molecule has 0 bridgehead atoms. The normalized spacial score (nSPS) is 10.9. The number of pyridine rings is 1. The molecule has 0 radical (unpaired) electrons. The molecule has 10 heteroatoms. The van der Waals surface area contributed by atoms with Gasteiger partial charge in [0.2, 0.25) is 5.88 Å². The molecule has 1 aromatic carbocycles. The lowest BCUT2D eigenvalue weighted by molar-refractivity contribution is 0.307. The highest BCUT2D eigenvalue weighted by molar-refractivity contribution is 6.32. The molecule has 0 saturated heterocycles. The number of aryl methyl sites for hydroxylation is 1. The number of ether oxygens (including phenoxy) is 2. The Hall–Kier alpha value is -3.43. The van der Waals surface area contributed by atoms with Gasteiger partial charge in [0, 0.05) is 30.8 Å². The minimum atomic E-state index is 0.291. The molecule has 3 aromatic heterocycles. The van der Waals surface area contributed by atoms with Gasteiger partial charge in [-0.1, -0.05) is 11.6 Å². The van der Waals surface area contributed by atoms with Crippen molar-refractivity contribution < 1.29 is 9.47 Å². The van der Waals surface area contributed by atoms with Crippen LogP contribution in [0.5, 0.6) is 17.4 Å². The number of hydrogen-bond donors (Lipinski definition) is 2. The first kappa shape index (κ1) is 20.8. The largest absolute Gasteiger partial charge is 0.492 e. The lowest BCUT2D eigenvalue weighted by atomic mass is 10.2. The zero-order valence-electron chi connectivity index (χ0n) is 17.2.